The second-order valence-electron chi connectivity index (χ2n) is 4.40. The van der Waals surface area contributed by atoms with Crippen molar-refractivity contribution in [2.45, 2.75) is 30.5 Å². The lowest BCUT2D eigenvalue weighted by atomic mass is 10.1. The lowest BCUT2D eigenvalue weighted by molar-refractivity contribution is 0.623. The molecule has 0 saturated carbocycles. The van der Waals surface area contributed by atoms with Gasteiger partial charge in [-0.1, -0.05) is 34.1 Å². The Morgan fingerprint density at radius 3 is 2.83 bits per heavy atom. The van der Waals surface area contributed by atoms with Crippen molar-refractivity contribution in [2.24, 2.45) is 0 Å². The Kier molecular flexibility index (Phi) is 5.39. The average Bonchev–Trinajstić information content (AvgIpc) is 2.82. The van der Waals surface area contributed by atoms with Gasteiger partial charge in [0.05, 0.1) is 0 Å². The van der Waals surface area contributed by atoms with Gasteiger partial charge in [-0.15, -0.1) is 11.3 Å². The lowest BCUT2D eigenvalue weighted by Gasteiger charge is -2.09. The Labute approximate surface area is 120 Å². The van der Waals surface area contributed by atoms with Gasteiger partial charge in [0.25, 0.3) is 0 Å². The van der Waals surface area contributed by atoms with Gasteiger partial charge in [0.1, 0.15) is 5.82 Å². The molecule has 18 heavy (non-hydrogen) atoms. The number of rotatable bonds is 6. The first-order valence-corrected chi connectivity index (χ1v) is 7.94. The zero-order chi connectivity index (χ0) is 12.8. The van der Waals surface area contributed by atoms with Crippen LogP contribution >= 0.6 is 27.3 Å². The molecular formula is C15H16BrFS. The molecule has 1 unspecified atom stereocenters. The molecule has 0 spiro atoms. The van der Waals surface area contributed by atoms with Crippen LogP contribution in [-0.4, -0.2) is 4.83 Å². The fourth-order valence-corrected chi connectivity index (χ4v) is 3.42. The highest BCUT2D eigenvalue weighted by atomic mass is 79.9. The minimum atomic E-state index is -0.147. The first kappa shape index (κ1) is 13.8. The Bertz CT molecular complexity index is 467. The fraction of sp³-hybridized carbons (Fsp3) is 0.333. The third kappa shape index (κ3) is 4.54. The van der Waals surface area contributed by atoms with Crippen LogP contribution in [0.1, 0.15) is 23.3 Å². The van der Waals surface area contributed by atoms with Crippen molar-refractivity contribution in [1.29, 1.82) is 0 Å². The first-order chi connectivity index (χ1) is 8.74. The van der Waals surface area contributed by atoms with Crippen LogP contribution in [0.15, 0.2) is 41.8 Å². The molecule has 0 bridgehead atoms. The third-order valence-electron chi connectivity index (χ3n) is 2.87. The van der Waals surface area contributed by atoms with Gasteiger partial charge < -0.3 is 0 Å². The van der Waals surface area contributed by atoms with Crippen molar-refractivity contribution in [3.8, 4) is 0 Å². The van der Waals surface area contributed by atoms with Crippen LogP contribution in [0.3, 0.4) is 0 Å². The summed E-state index contributed by atoms with van der Waals surface area (Å²) in [6.07, 6.45) is 4.32. The van der Waals surface area contributed by atoms with Gasteiger partial charge in [0.2, 0.25) is 0 Å². The predicted molar refractivity (Wildman–Crippen MR) is 80.1 cm³/mol. The molecule has 1 aromatic carbocycles. The number of hydrogen-bond donors (Lipinski definition) is 0. The van der Waals surface area contributed by atoms with Gasteiger partial charge in [0.15, 0.2) is 0 Å². The summed E-state index contributed by atoms with van der Waals surface area (Å²) in [5.41, 5.74) is 1.06. The highest BCUT2D eigenvalue weighted by Crippen LogP contribution is 2.19. The Hall–Kier alpha value is -0.670. The Morgan fingerprint density at radius 2 is 2.11 bits per heavy atom. The monoisotopic (exact) mass is 326 g/mol. The maximum Gasteiger partial charge on any atom is 0.123 e. The number of hydrogen-bond acceptors (Lipinski definition) is 1. The fourth-order valence-electron chi connectivity index (χ4n) is 1.97. The zero-order valence-corrected chi connectivity index (χ0v) is 12.5. The topological polar surface area (TPSA) is 0 Å². The molecule has 0 aliphatic heterocycles. The summed E-state index contributed by atoms with van der Waals surface area (Å²) in [7, 11) is 0. The van der Waals surface area contributed by atoms with E-state index < -0.39 is 0 Å². The number of thiophene rings is 1. The SMILES string of the molecule is Fc1cccc(CC(Br)CCCc2cccs2)c1. The highest BCUT2D eigenvalue weighted by Gasteiger charge is 2.06. The molecule has 2 aromatic rings. The molecule has 1 aromatic heterocycles. The minimum Gasteiger partial charge on any atom is -0.207 e. The smallest absolute Gasteiger partial charge is 0.123 e. The molecular weight excluding hydrogens is 311 g/mol. The summed E-state index contributed by atoms with van der Waals surface area (Å²) in [5, 5.41) is 2.12. The molecule has 1 atom stereocenters. The van der Waals surface area contributed by atoms with Crippen LogP contribution < -0.4 is 0 Å². The molecule has 96 valence electrons. The summed E-state index contributed by atoms with van der Waals surface area (Å²) in [6, 6.07) is 11.1. The maximum absolute atomic E-state index is 13.0. The quantitative estimate of drug-likeness (QED) is 0.639. The molecule has 0 aliphatic rings. The Morgan fingerprint density at radius 1 is 1.22 bits per heavy atom. The molecule has 1 heterocycles. The molecule has 0 radical (unpaired) electrons. The summed E-state index contributed by atoms with van der Waals surface area (Å²) in [6.45, 7) is 0. The van der Waals surface area contributed by atoms with Gasteiger partial charge in [-0.3, -0.25) is 0 Å². The molecule has 0 fully saturated rings. The van der Waals surface area contributed by atoms with E-state index >= 15 is 0 Å². The van der Waals surface area contributed by atoms with Crippen molar-refractivity contribution in [1.82, 2.24) is 0 Å². The van der Waals surface area contributed by atoms with E-state index in [-0.39, 0.29) is 5.82 Å². The van der Waals surface area contributed by atoms with Crippen molar-refractivity contribution in [3.05, 3.63) is 58.0 Å². The number of alkyl halides is 1. The van der Waals surface area contributed by atoms with E-state index in [1.165, 1.54) is 17.4 Å². The molecule has 0 aliphatic carbocycles. The van der Waals surface area contributed by atoms with Gasteiger partial charge in [-0.25, -0.2) is 4.39 Å². The van der Waals surface area contributed by atoms with Crippen LogP contribution in [0.5, 0.6) is 0 Å². The molecule has 0 amide bonds. The summed E-state index contributed by atoms with van der Waals surface area (Å²) >= 11 is 5.50. The average molecular weight is 327 g/mol. The summed E-state index contributed by atoms with van der Waals surface area (Å²) in [4.78, 5) is 1.87. The van der Waals surface area contributed by atoms with Crippen LogP contribution in [-0.2, 0) is 12.8 Å². The van der Waals surface area contributed by atoms with Crippen LogP contribution in [0.4, 0.5) is 4.39 Å². The molecule has 3 heteroatoms. The molecule has 0 saturated heterocycles. The van der Waals surface area contributed by atoms with Gasteiger partial charge >= 0.3 is 0 Å². The summed E-state index contributed by atoms with van der Waals surface area (Å²) in [5.74, 6) is -0.147. The molecule has 2 rings (SSSR count). The largest absolute Gasteiger partial charge is 0.207 e. The van der Waals surface area contributed by atoms with Crippen LogP contribution in [0, 0.1) is 5.82 Å². The van der Waals surface area contributed by atoms with Gasteiger partial charge in [0, 0.05) is 9.70 Å². The maximum atomic E-state index is 13.0. The van der Waals surface area contributed by atoms with E-state index in [0.29, 0.717) is 4.83 Å². The number of halogens is 2. The number of benzene rings is 1. The van der Waals surface area contributed by atoms with Gasteiger partial charge in [-0.05, 0) is 54.8 Å². The van der Waals surface area contributed by atoms with E-state index in [4.69, 9.17) is 0 Å². The second-order valence-corrected chi connectivity index (χ2v) is 6.73. The standard InChI is InChI=1S/C15H16BrFS/c16-13(5-2-7-15-8-3-9-18-15)10-12-4-1-6-14(17)11-12/h1,3-4,6,8-9,11,13H,2,5,7,10H2. The van der Waals surface area contributed by atoms with Crippen LogP contribution in [0.2, 0.25) is 0 Å². The third-order valence-corrected chi connectivity index (χ3v) is 4.58. The minimum absolute atomic E-state index is 0.147. The van der Waals surface area contributed by atoms with E-state index in [0.717, 1.165) is 24.8 Å². The molecule has 0 nitrogen and oxygen atoms in total. The second kappa shape index (κ2) is 7.05. The first-order valence-electron chi connectivity index (χ1n) is 6.15. The lowest BCUT2D eigenvalue weighted by Crippen LogP contribution is -2.03. The summed E-state index contributed by atoms with van der Waals surface area (Å²) < 4.78 is 13.0. The van der Waals surface area contributed by atoms with Crippen molar-refractivity contribution < 1.29 is 4.39 Å². The van der Waals surface area contributed by atoms with Crippen molar-refractivity contribution in [3.63, 3.8) is 0 Å². The van der Waals surface area contributed by atoms with Crippen LogP contribution in [0.25, 0.3) is 0 Å². The van der Waals surface area contributed by atoms with E-state index in [9.17, 15) is 4.39 Å². The van der Waals surface area contributed by atoms with E-state index in [1.54, 1.807) is 12.1 Å². The van der Waals surface area contributed by atoms with E-state index in [2.05, 4.69) is 33.4 Å². The molecule has 0 N–H and O–H groups in total. The highest BCUT2D eigenvalue weighted by molar-refractivity contribution is 9.09. The van der Waals surface area contributed by atoms with Crippen molar-refractivity contribution in [2.75, 3.05) is 0 Å². The number of aryl methyl sites for hydroxylation is 1. The van der Waals surface area contributed by atoms with E-state index in [1.807, 2.05) is 17.4 Å². The normalized spacial score (nSPS) is 12.6. The predicted octanol–water partition coefficient (Wildman–Crippen LogP) is 5.22. The van der Waals surface area contributed by atoms with Gasteiger partial charge in [-0.2, -0.15) is 0 Å². The van der Waals surface area contributed by atoms with Crippen molar-refractivity contribution >= 4 is 27.3 Å². The Balaban J connectivity index is 1.73. The zero-order valence-electron chi connectivity index (χ0n) is 10.1.